The molecule has 7 nitrogen and oxygen atoms in total. The van der Waals surface area contributed by atoms with E-state index in [-0.39, 0.29) is 5.57 Å². The Morgan fingerprint density at radius 2 is 2.04 bits per heavy atom. The van der Waals surface area contributed by atoms with E-state index in [0.717, 1.165) is 10.6 Å². The Kier molecular flexibility index (Phi) is 5.29. The number of nitrogens with two attached hydrogens (primary N) is 1. The number of benzene rings is 1. The summed E-state index contributed by atoms with van der Waals surface area (Å²) in [6.07, 6.45) is 1.24. The van der Waals surface area contributed by atoms with E-state index in [2.05, 4.69) is 10.3 Å². The van der Waals surface area contributed by atoms with Crippen LogP contribution in [0.1, 0.15) is 12.6 Å². The van der Waals surface area contributed by atoms with Gasteiger partial charge < -0.3 is 11.1 Å². The van der Waals surface area contributed by atoms with Gasteiger partial charge in [-0.05, 0) is 31.2 Å². The van der Waals surface area contributed by atoms with Crippen molar-refractivity contribution >= 4 is 39.7 Å². The summed E-state index contributed by atoms with van der Waals surface area (Å²) in [6, 6.07) is 8.04. The van der Waals surface area contributed by atoms with Crippen molar-refractivity contribution in [1.29, 1.82) is 5.26 Å². The van der Waals surface area contributed by atoms with E-state index in [0.29, 0.717) is 16.5 Å². The highest BCUT2D eigenvalue weighted by Gasteiger charge is 2.24. The maximum atomic E-state index is 12.6. The first-order valence-corrected chi connectivity index (χ1v) is 7.80. The smallest absolute Gasteiger partial charge is 0.277 e. The van der Waals surface area contributed by atoms with Crippen molar-refractivity contribution in [2.24, 2.45) is 0 Å². The monoisotopic (exact) mass is 341 g/mol. The average Bonchev–Trinajstić information content (AvgIpc) is 2.95. The third kappa shape index (κ3) is 3.97. The molecule has 0 saturated carbocycles. The van der Waals surface area contributed by atoms with Crippen LogP contribution < -0.4 is 16.0 Å². The van der Waals surface area contributed by atoms with E-state index in [1.165, 1.54) is 24.5 Å². The van der Waals surface area contributed by atoms with Gasteiger partial charge in [-0.2, -0.15) is 5.26 Å². The number of nitriles is 1. The Labute approximate surface area is 143 Å². The lowest BCUT2D eigenvalue weighted by molar-refractivity contribution is -0.123. The van der Waals surface area contributed by atoms with Crippen LogP contribution in [0.3, 0.4) is 0 Å². The number of imide groups is 1. The minimum atomic E-state index is -0.726. The van der Waals surface area contributed by atoms with Gasteiger partial charge in [0.05, 0.1) is 11.4 Å². The lowest BCUT2D eigenvalue weighted by Gasteiger charge is -2.18. The molecule has 0 aliphatic rings. The molecular weight excluding hydrogens is 326 g/mol. The standard InChI is InChI=1S/C16H15N5O2S/c1-10-9-24-16(20-10)19-8-12(7-17)15(23)21(11(2)22)14-5-3-13(18)4-6-14/h3-6,8-9H,18H2,1-2H3,(H,19,20)/b12-8-. The quantitative estimate of drug-likeness (QED) is 0.502. The molecular formula is C16H15N5O2S. The number of aromatic nitrogens is 1. The molecule has 1 aromatic heterocycles. The van der Waals surface area contributed by atoms with Crippen molar-refractivity contribution < 1.29 is 9.59 Å². The number of amides is 2. The summed E-state index contributed by atoms with van der Waals surface area (Å²) >= 11 is 1.34. The van der Waals surface area contributed by atoms with Gasteiger partial charge in [0.25, 0.3) is 5.91 Å². The fraction of sp³-hybridized carbons (Fsp3) is 0.125. The van der Waals surface area contributed by atoms with Gasteiger partial charge in [0.1, 0.15) is 11.6 Å². The van der Waals surface area contributed by atoms with E-state index in [9.17, 15) is 14.9 Å². The van der Waals surface area contributed by atoms with E-state index >= 15 is 0 Å². The number of nitrogens with one attached hydrogen (secondary N) is 1. The van der Waals surface area contributed by atoms with Crippen LogP contribution in [-0.4, -0.2) is 16.8 Å². The number of thiazole rings is 1. The van der Waals surface area contributed by atoms with Crippen molar-refractivity contribution in [2.45, 2.75) is 13.8 Å². The normalized spacial score (nSPS) is 10.8. The fourth-order valence-corrected chi connectivity index (χ4v) is 2.54. The summed E-state index contributed by atoms with van der Waals surface area (Å²) in [5, 5.41) is 14.4. The molecule has 2 amide bonds. The van der Waals surface area contributed by atoms with Crippen LogP contribution >= 0.6 is 11.3 Å². The number of carbonyl (C=O) groups excluding carboxylic acids is 2. The van der Waals surface area contributed by atoms with Gasteiger partial charge in [-0.25, -0.2) is 9.88 Å². The second kappa shape index (κ2) is 7.39. The van der Waals surface area contributed by atoms with Gasteiger partial charge >= 0.3 is 0 Å². The van der Waals surface area contributed by atoms with Gasteiger partial charge in [0, 0.05) is 24.2 Å². The third-order valence-corrected chi connectivity index (χ3v) is 3.87. The van der Waals surface area contributed by atoms with Gasteiger partial charge in [-0.1, -0.05) is 0 Å². The molecule has 2 aromatic rings. The molecule has 122 valence electrons. The number of nitrogens with zero attached hydrogens (tertiary/aromatic N) is 3. The van der Waals surface area contributed by atoms with E-state index in [1.807, 2.05) is 12.3 Å². The Bertz CT molecular complexity index is 833. The molecule has 0 spiro atoms. The van der Waals surface area contributed by atoms with E-state index < -0.39 is 11.8 Å². The molecule has 0 saturated heterocycles. The minimum absolute atomic E-state index is 0.213. The van der Waals surface area contributed by atoms with Crippen LogP contribution in [0.5, 0.6) is 0 Å². The van der Waals surface area contributed by atoms with Crippen molar-refractivity contribution in [2.75, 3.05) is 16.0 Å². The number of hydrogen-bond donors (Lipinski definition) is 2. The zero-order valence-electron chi connectivity index (χ0n) is 13.1. The number of carbonyl (C=O) groups is 2. The van der Waals surface area contributed by atoms with Crippen molar-refractivity contribution in [3.8, 4) is 6.07 Å². The van der Waals surface area contributed by atoms with Gasteiger partial charge in [0.2, 0.25) is 5.91 Å². The molecule has 2 rings (SSSR count). The second-order valence-corrected chi connectivity index (χ2v) is 5.72. The van der Waals surface area contributed by atoms with Gasteiger partial charge in [-0.3, -0.25) is 9.59 Å². The highest BCUT2D eigenvalue weighted by atomic mass is 32.1. The summed E-state index contributed by atoms with van der Waals surface area (Å²) in [6.45, 7) is 3.08. The summed E-state index contributed by atoms with van der Waals surface area (Å²) in [5.74, 6) is -1.23. The van der Waals surface area contributed by atoms with Crippen LogP contribution in [-0.2, 0) is 9.59 Å². The Hall–Kier alpha value is -3.18. The summed E-state index contributed by atoms with van der Waals surface area (Å²) in [7, 11) is 0. The van der Waals surface area contributed by atoms with Gasteiger partial charge in [0.15, 0.2) is 5.13 Å². The van der Waals surface area contributed by atoms with Crippen LogP contribution in [0.4, 0.5) is 16.5 Å². The molecule has 1 heterocycles. The molecule has 0 bridgehead atoms. The maximum Gasteiger partial charge on any atom is 0.277 e. The third-order valence-electron chi connectivity index (χ3n) is 2.98. The second-order valence-electron chi connectivity index (χ2n) is 4.86. The predicted octanol–water partition coefficient (Wildman–Crippen LogP) is 2.43. The number of aryl methyl sites for hydroxylation is 1. The van der Waals surface area contributed by atoms with E-state index in [4.69, 9.17) is 5.73 Å². The zero-order chi connectivity index (χ0) is 17.7. The van der Waals surface area contributed by atoms with Crippen LogP contribution in [0.15, 0.2) is 41.4 Å². The lowest BCUT2D eigenvalue weighted by Crippen LogP contribution is -2.36. The molecule has 0 aliphatic heterocycles. The number of nitrogen functional groups attached to an aromatic ring is 1. The summed E-state index contributed by atoms with van der Waals surface area (Å²) in [4.78, 5) is 29.5. The molecule has 3 N–H and O–H groups in total. The first-order valence-electron chi connectivity index (χ1n) is 6.92. The molecule has 0 unspecified atom stereocenters. The van der Waals surface area contributed by atoms with Crippen LogP contribution in [0.25, 0.3) is 0 Å². The Morgan fingerprint density at radius 1 is 1.38 bits per heavy atom. The molecule has 24 heavy (non-hydrogen) atoms. The Balaban J connectivity index is 2.28. The number of hydrogen-bond acceptors (Lipinski definition) is 7. The number of anilines is 3. The van der Waals surface area contributed by atoms with Crippen LogP contribution in [0, 0.1) is 18.3 Å². The zero-order valence-corrected chi connectivity index (χ0v) is 13.9. The molecule has 1 aromatic carbocycles. The minimum Gasteiger partial charge on any atom is -0.399 e. The summed E-state index contributed by atoms with van der Waals surface area (Å²) in [5.41, 5.74) is 7.07. The largest absolute Gasteiger partial charge is 0.399 e. The summed E-state index contributed by atoms with van der Waals surface area (Å²) < 4.78 is 0. The van der Waals surface area contributed by atoms with E-state index in [1.54, 1.807) is 30.3 Å². The first kappa shape index (κ1) is 17.2. The highest BCUT2D eigenvalue weighted by Crippen LogP contribution is 2.20. The molecule has 0 aliphatic carbocycles. The topological polar surface area (TPSA) is 112 Å². The SMILES string of the molecule is CC(=O)N(C(=O)/C(C#N)=C\Nc1nc(C)cs1)c1ccc(N)cc1. The molecule has 0 radical (unpaired) electrons. The first-order chi connectivity index (χ1) is 11.4. The molecule has 0 atom stereocenters. The van der Waals surface area contributed by atoms with Crippen molar-refractivity contribution in [3.05, 3.63) is 47.1 Å². The van der Waals surface area contributed by atoms with Crippen molar-refractivity contribution in [3.63, 3.8) is 0 Å². The van der Waals surface area contributed by atoms with Gasteiger partial charge in [-0.15, -0.1) is 11.3 Å². The average molecular weight is 341 g/mol. The highest BCUT2D eigenvalue weighted by molar-refractivity contribution is 7.13. The Morgan fingerprint density at radius 3 is 2.54 bits per heavy atom. The lowest BCUT2D eigenvalue weighted by atomic mass is 10.2. The van der Waals surface area contributed by atoms with Crippen LogP contribution in [0.2, 0.25) is 0 Å². The van der Waals surface area contributed by atoms with Crippen molar-refractivity contribution in [1.82, 2.24) is 4.98 Å². The maximum absolute atomic E-state index is 12.6. The number of rotatable bonds is 4. The molecule has 8 heteroatoms. The molecule has 0 fully saturated rings. The predicted molar refractivity (Wildman–Crippen MR) is 93.2 cm³/mol. The fourth-order valence-electron chi connectivity index (χ4n) is 1.88.